The number of benzene rings is 3. The van der Waals surface area contributed by atoms with E-state index in [9.17, 15) is 14.0 Å². The number of aromatic nitrogens is 1. The van der Waals surface area contributed by atoms with Crippen LogP contribution in [0.2, 0.25) is 0 Å². The molecule has 9 heteroatoms. The van der Waals surface area contributed by atoms with Gasteiger partial charge in [-0.2, -0.15) is 0 Å². The Morgan fingerprint density at radius 2 is 1.83 bits per heavy atom. The second-order valence-corrected chi connectivity index (χ2v) is 10.4. The van der Waals surface area contributed by atoms with Gasteiger partial charge in [0.05, 0.1) is 18.5 Å². The molecule has 8 nitrogen and oxygen atoms in total. The van der Waals surface area contributed by atoms with Gasteiger partial charge in [-0.1, -0.05) is 18.2 Å². The first-order chi connectivity index (χ1) is 19.6. The summed E-state index contributed by atoms with van der Waals surface area (Å²) in [5.74, 6) is 0.0605. The summed E-state index contributed by atoms with van der Waals surface area (Å²) in [7, 11) is 3.28. The summed E-state index contributed by atoms with van der Waals surface area (Å²) >= 11 is 0. The molecule has 1 aromatic heterocycles. The molecule has 2 N–H and O–H groups in total. The van der Waals surface area contributed by atoms with E-state index >= 15 is 0 Å². The van der Waals surface area contributed by atoms with Gasteiger partial charge in [-0.05, 0) is 68.3 Å². The second-order valence-electron chi connectivity index (χ2n) is 10.4. The van der Waals surface area contributed by atoms with Crippen LogP contribution in [0, 0.1) is 12.7 Å². The zero-order chi connectivity index (χ0) is 29.3. The second kappa shape index (κ2) is 10.9. The quantitative estimate of drug-likeness (QED) is 0.283. The molecule has 41 heavy (non-hydrogen) atoms. The lowest BCUT2D eigenvalue weighted by molar-refractivity contribution is -0.121. The molecule has 2 amide bonds. The minimum atomic E-state index is -0.800. The number of nitrogens with zero attached hydrogens (tertiary/aromatic N) is 2. The van der Waals surface area contributed by atoms with Gasteiger partial charge in [0.1, 0.15) is 35.2 Å². The number of carbonyl (C=O) groups is 2. The van der Waals surface area contributed by atoms with Crippen molar-refractivity contribution in [2.24, 2.45) is 0 Å². The molecular weight excluding hydrogens is 523 g/mol. The Balaban J connectivity index is 1.58. The average molecular weight is 555 g/mol. The first-order valence-electron chi connectivity index (χ1n) is 13.1. The van der Waals surface area contributed by atoms with Gasteiger partial charge in [-0.3, -0.25) is 14.6 Å². The topological polar surface area (TPSA) is 92.8 Å². The number of hydrogen-bond acceptors (Lipinski definition) is 6. The molecule has 5 rings (SSSR count). The van der Waals surface area contributed by atoms with Crippen LogP contribution in [-0.2, 0) is 11.4 Å². The van der Waals surface area contributed by atoms with Crippen LogP contribution in [0.15, 0.2) is 72.9 Å². The highest BCUT2D eigenvalue weighted by atomic mass is 19.1. The highest BCUT2D eigenvalue weighted by Crippen LogP contribution is 2.45. The number of halogens is 1. The highest BCUT2D eigenvalue weighted by molar-refractivity contribution is 6.09. The smallest absolute Gasteiger partial charge is 0.274 e. The van der Waals surface area contributed by atoms with E-state index < -0.39 is 11.4 Å². The number of likely N-dealkylation sites (N-methyl/N-ethyl adjacent to an activating group) is 1. The lowest BCUT2D eigenvalue weighted by atomic mass is 9.91. The van der Waals surface area contributed by atoms with E-state index in [0.717, 1.165) is 22.4 Å². The van der Waals surface area contributed by atoms with Crippen LogP contribution in [0.4, 0.5) is 21.5 Å². The van der Waals surface area contributed by atoms with Gasteiger partial charge < -0.3 is 25.0 Å². The molecule has 0 unspecified atom stereocenters. The predicted octanol–water partition coefficient (Wildman–Crippen LogP) is 6.20. The number of nitrogens with one attached hydrogen (secondary N) is 2. The van der Waals surface area contributed by atoms with Crippen molar-refractivity contribution in [1.82, 2.24) is 4.98 Å². The van der Waals surface area contributed by atoms with Crippen LogP contribution in [0.5, 0.6) is 11.5 Å². The third kappa shape index (κ3) is 5.43. The van der Waals surface area contributed by atoms with Crippen molar-refractivity contribution in [3.05, 3.63) is 95.6 Å². The van der Waals surface area contributed by atoms with Crippen LogP contribution in [-0.4, -0.2) is 36.5 Å². The molecule has 3 aromatic carbocycles. The Bertz CT molecular complexity index is 1640. The maximum absolute atomic E-state index is 14.0. The van der Waals surface area contributed by atoms with Gasteiger partial charge in [0.2, 0.25) is 0 Å². The lowest BCUT2D eigenvalue weighted by Gasteiger charge is -2.39. The minimum Gasteiger partial charge on any atom is -0.496 e. The molecule has 4 aromatic rings. The Labute approximate surface area is 238 Å². The fourth-order valence-corrected chi connectivity index (χ4v) is 4.99. The van der Waals surface area contributed by atoms with E-state index in [2.05, 4.69) is 15.6 Å². The Morgan fingerprint density at radius 1 is 1.05 bits per heavy atom. The molecule has 0 saturated carbocycles. The predicted molar refractivity (Wildman–Crippen MR) is 157 cm³/mol. The first kappa shape index (κ1) is 27.6. The maximum atomic E-state index is 14.0. The van der Waals surface area contributed by atoms with Crippen molar-refractivity contribution >= 4 is 28.9 Å². The van der Waals surface area contributed by atoms with E-state index in [0.29, 0.717) is 34.1 Å². The number of ether oxygens (including phenoxy) is 2. The molecule has 0 atom stereocenters. The molecule has 0 saturated heterocycles. The highest BCUT2D eigenvalue weighted by Gasteiger charge is 2.38. The standard InChI is InChI=1S/C32H31FN4O4/c1-19-9-10-20(33)16-27(19)41-18-24-22(13-14-25-29(24)37(4)31(39)32(2,3)36-25)23-12-11-21(17-28(23)40-5)35-30(38)26-8-6-7-15-34-26/h6-17,36H,18H2,1-5H3,(H,35,38). The molecule has 1 aliphatic rings. The molecule has 1 aliphatic heterocycles. The van der Waals surface area contributed by atoms with E-state index in [4.69, 9.17) is 9.47 Å². The molecular formula is C32H31FN4O4. The summed E-state index contributed by atoms with van der Waals surface area (Å²) in [5.41, 5.74) is 4.45. The zero-order valence-electron chi connectivity index (χ0n) is 23.5. The third-order valence-corrected chi connectivity index (χ3v) is 7.07. The monoisotopic (exact) mass is 554 g/mol. The fourth-order valence-electron chi connectivity index (χ4n) is 4.99. The normalized spacial score (nSPS) is 13.7. The largest absolute Gasteiger partial charge is 0.496 e. The molecule has 2 heterocycles. The van der Waals surface area contributed by atoms with Crippen molar-refractivity contribution in [3.63, 3.8) is 0 Å². The van der Waals surface area contributed by atoms with E-state index in [1.165, 1.54) is 12.1 Å². The summed E-state index contributed by atoms with van der Waals surface area (Å²) in [6.45, 7) is 5.56. The summed E-state index contributed by atoms with van der Waals surface area (Å²) in [5, 5.41) is 6.19. The molecule has 0 spiro atoms. The average Bonchev–Trinajstić information content (AvgIpc) is 2.96. The van der Waals surface area contributed by atoms with Crippen LogP contribution >= 0.6 is 0 Å². The van der Waals surface area contributed by atoms with Crippen molar-refractivity contribution in [3.8, 4) is 22.6 Å². The van der Waals surface area contributed by atoms with Gasteiger partial charge in [0.15, 0.2) is 0 Å². The van der Waals surface area contributed by atoms with E-state index in [1.807, 2.05) is 39.0 Å². The molecule has 0 radical (unpaired) electrons. The summed E-state index contributed by atoms with van der Waals surface area (Å²) in [4.78, 5) is 31.7. The van der Waals surface area contributed by atoms with Crippen molar-refractivity contribution in [2.45, 2.75) is 32.9 Å². The Kier molecular flexibility index (Phi) is 7.36. The Hall–Kier alpha value is -4.92. The van der Waals surface area contributed by atoms with Crippen molar-refractivity contribution in [2.75, 3.05) is 29.7 Å². The van der Waals surface area contributed by atoms with E-state index in [-0.39, 0.29) is 18.4 Å². The van der Waals surface area contributed by atoms with Crippen LogP contribution in [0.25, 0.3) is 11.1 Å². The fraction of sp³-hybridized carbons (Fsp3) is 0.219. The number of aryl methyl sites for hydroxylation is 1. The van der Waals surface area contributed by atoms with Gasteiger partial charge in [0, 0.05) is 42.2 Å². The number of methoxy groups -OCH3 is 1. The first-order valence-corrected chi connectivity index (χ1v) is 13.1. The van der Waals surface area contributed by atoms with Gasteiger partial charge >= 0.3 is 0 Å². The number of anilines is 3. The van der Waals surface area contributed by atoms with E-state index in [1.54, 1.807) is 61.7 Å². The van der Waals surface area contributed by atoms with Crippen LogP contribution in [0.1, 0.15) is 35.5 Å². The van der Waals surface area contributed by atoms with Crippen LogP contribution in [0.3, 0.4) is 0 Å². The maximum Gasteiger partial charge on any atom is 0.274 e. The van der Waals surface area contributed by atoms with Gasteiger partial charge in [-0.15, -0.1) is 0 Å². The van der Waals surface area contributed by atoms with Crippen molar-refractivity contribution in [1.29, 1.82) is 0 Å². The summed E-state index contributed by atoms with van der Waals surface area (Å²) in [6, 6.07) is 18.7. The van der Waals surface area contributed by atoms with Gasteiger partial charge in [-0.25, -0.2) is 4.39 Å². The number of rotatable bonds is 7. The number of pyridine rings is 1. The lowest BCUT2D eigenvalue weighted by Crippen LogP contribution is -2.52. The molecule has 0 aliphatic carbocycles. The zero-order valence-corrected chi connectivity index (χ0v) is 23.5. The van der Waals surface area contributed by atoms with Crippen LogP contribution < -0.4 is 25.0 Å². The molecule has 0 bridgehead atoms. The third-order valence-electron chi connectivity index (χ3n) is 7.07. The molecule has 0 fully saturated rings. The Morgan fingerprint density at radius 3 is 2.56 bits per heavy atom. The SMILES string of the molecule is COc1cc(NC(=O)c2ccccn2)ccc1-c1ccc2c(c1COc1cc(F)ccc1C)N(C)C(=O)C(C)(C)N2. The number of fused-ring (bicyclic) bond motifs is 1. The number of hydrogen-bond donors (Lipinski definition) is 2. The summed E-state index contributed by atoms with van der Waals surface area (Å²) < 4.78 is 25.9. The number of amides is 2. The van der Waals surface area contributed by atoms with Crippen molar-refractivity contribution < 1.29 is 23.5 Å². The number of carbonyl (C=O) groups excluding carboxylic acids is 2. The van der Waals surface area contributed by atoms with Gasteiger partial charge in [0.25, 0.3) is 11.8 Å². The molecule has 210 valence electrons. The summed E-state index contributed by atoms with van der Waals surface area (Å²) in [6.07, 6.45) is 1.56. The minimum absolute atomic E-state index is 0.0594.